The van der Waals surface area contributed by atoms with Gasteiger partial charge in [0.25, 0.3) is 0 Å². The van der Waals surface area contributed by atoms with Crippen LogP contribution in [0, 0.1) is 7.14 Å². The summed E-state index contributed by atoms with van der Waals surface area (Å²) in [5.74, 6) is 0. The van der Waals surface area contributed by atoms with Crippen molar-refractivity contribution in [3.8, 4) is 0 Å². The molecule has 4 heteroatoms. The van der Waals surface area contributed by atoms with Crippen LogP contribution in [0.15, 0.2) is 12.1 Å². The third kappa shape index (κ3) is 2.19. The van der Waals surface area contributed by atoms with Gasteiger partial charge in [0.2, 0.25) is 0 Å². The topological polar surface area (TPSA) is 46.2 Å². The molecule has 0 saturated carbocycles. The number of aliphatic hydroxyl groups is 1. The van der Waals surface area contributed by atoms with Gasteiger partial charge in [-0.2, -0.15) is 0 Å². The van der Waals surface area contributed by atoms with Crippen LogP contribution in [0.1, 0.15) is 5.56 Å². The van der Waals surface area contributed by atoms with Gasteiger partial charge >= 0.3 is 0 Å². The molecule has 0 fully saturated rings. The van der Waals surface area contributed by atoms with Crippen molar-refractivity contribution in [1.29, 1.82) is 0 Å². The predicted molar refractivity (Wildman–Crippen MR) is 62.2 cm³/mol. The summed E-state index contributed by atoms with van der Waals surface area (Å²) < 4.78 is 2.10. The van der Waals surface area contributed by atoms with Crippen molar-refractivity contribution in [2.45, 2.75) is 6.61 Å². The molecule has 2 nitrogen and oxygen atoms in total. The van der Waals surface area contributed by atoms with E-state index in [4.69, 9.17) is 10.8 Å². The maximum Gasteiger partial charge on any atom is 0.0702 e. The van der Waals surface area contributed by atoms with E-state index in [-0.39, 0.29) is 6.61 Å². The second-order valence-electron chi connectivity index (χ2n) is 2.12. The summed E-state index contributed by atoms with van der Waals surface area (Å²) in [6, 6.07) is 3.87. The normalized spacial score (nSPS) is 10.1. The molecule has 0 bridgehead atoms. The van der Waals surface area contributed by atoms with Gasteiger partial charge in [-0.15, -0.1) is 0 Å². The minimum atomic E-state index is 0.0126. The lowest BCUT2D eigenvalue weighted by atomic mass is 10.2. The summed E-state index contributed by atoms with van der Waals surface area (Å²) in [4.78, 5) is 0. The highest BCUT2D eigenvalue weighted by atomic mass is 127. The molecule has 0 spiro atoms. The molecule has 1 aromatic rings. The molecule has 1 aromatic carbocycles. The van der Waals surface area contributed by atoms with Gasteiger partial charge in [-0.05, 0) is 57.3 Å². The molecule has 0 atom stereocenters. The average Bonchev–Trinajstić information content (AvgIpc) is 1.96. The Morgan fingerprint density at radius 3 is 2.55 bits per heavy atom. The van der Waals surface area contributed by atoms with Gasteiger partial charge in [0.1, 0.15) is 0 Å². The van der Waals surface area contributed by atoms with Crippen molar-refractivity contribution in [3.63, 3.8) is 0 Å². The van der Waals surface area contributed by atoms with E-state index in [0.29, 0.717) is 5.69 Å². The fraction of sp³-hybridized carbons (Fsp3) is 0.143. The number of nitrogen functional groups attached to an aromatic ring is 1. The minimum absolute atomic E-state index is 0.0126. The standard InChI is InChI=1S/C7H7I2NO/c8-5-1-4(3-11)7(10)6(9)2-5/h1-2,11H,3,10H2. The molecule has 0 heterocycles. The third-order valence-corrected chi connectivity index (χ3v) is 2.87. The Kier molecular flexibility index (Phi) is 3.38. The Bertz CT molecular complexity index is 275. The van der Waals surface area contributed by atoms with Crippen LogP contribution in [0.2, 0.25) is 0 Å². The minimum Gasteiger partial charge on any atom is -0.398 e. The van der Waals surface area contributed by atoms with Gasteiger partial charge in [0.05, 0.1) is 12.3 Å². The number of anilines is 1. The van der Waals surface area contributed by atoms with Crippen LogP contribution in [0.25, 0.3) is 0 Å². The number of halogens is 2. The van der Waals surface area contributed by atoms with Crippen LogP contribution < -0.4 is 5.73 Å². The van der Waals surface area contributed by atoms with Crippen molar-refractivity contribution < 1.29 is 5.11 Å². The Morgan fingerprint density at radius 2 is 2.00 bits per heavy atom. The molecule has 0 aliphatic carbocycles. The maximum absolute atomic E-state index is 8.88. The number of benzene rings is 1. The average molecular weight is 375 g/mol. The number of hydrogen-bond donors (Lipinski definition) is 2. The first kappa shape index (κ1) is 9.53. The van der Waals surface area contributed by atoms with E-state index in [9.17, 15) is 0 Å². The lowest BCUT2D eigenvalue weighted by molar-refractivity contribution is 0.282. The van der Waals surface area contributed by atoms with Gasteiger partial charge in [-0.3, -0.25) is 0 Å². The van der Waals surface area contributed by atoms with Crippen molar-refractivity contribution in [1.82, 2.24) is 0 Å². The van der Waals surface area contributed by atoms with Crippen molar-refractivity contribution >= 4 is 50.9 Å². The molecule has 0 saturated heterocycles. The smallest absolute Gasteiger partial charge is 0.0702 e. The van der Waals surface area contributed by atoms with E-state index in [0.717, 1.165) is 12.7 Å². The van der Waals surface area contributed by atoms with E-state index >= 15 is 0 Å². The largest absolute Gasteiger partial charge is 0.398 e. The Hall–Kier alpha value is 0.440. The molecule has 60 valence electrons. The van der Waals surface area contributed by atoms with Crippen molar-refractivity contribution in [3.05, 3.63) is 24.8 Å². The van der Waals surface area contributed by atoms with E-state index < -0.39 is 0 Å². The highest BCUT2D eigenvalue weighted by Crippen LogP contribution is 2.22. The first-order valence-corrected chi connectivity index (χ1v) is 5.15. The van der Waals surface area contributed by atoms with Gasteiger partial charge < -0.3 is 10.8 Å². The van der Waals surface area contributed by atoms with E-state index in [2.05, 4.69) is 45.2 Å². The fourth-order valence-corrected chi connectivity index (χ4v) is 2.73. The van der Waals surface area contributed by atoms with Crippen molar-refractivity contribution in [2.75, 3.05) is 5.73 Å². The Balaban J connectivity index is 3.24. The summed E-state index contributed by atoms with van der Waals surface area (Å²) in [6.07, 6.45) is 0. The molecule has 0 aliphatic rings. The summed E-state index contributed by atoms with van der Waals surface area (Å²) in [5.41, 5.74) is 7.19. The van der Waals surface area contributed by atoms with Crippen LogP contribution >= 0.6 is 45.2 Å². The monoisotopic (exact) mass is 375 g/mol. The molecule has 0 aliphatic heterocycles. The molecule has 0 aromatic heterocycles. The van der Waals surface area contributed by atoms with Crippen LogP contribution in [-0.2, 0) is 6.61 Å². The lowest BCUT2D eigenvalue weighted by Crippen LogP contribution is -1.97. The zero-order valence-electron chi connectivity index (χ0n) is 5.64. The van der Waals surface area contributed by atoms with Gasteiger partial charge in [0.15, 0.2) is 0 Å². The highest BCUT2D eigenvalue weighted by molar-refractivity contribution is 14.1. The molecule has 0 unspecified atom stereocenters. The SMILES string of the molecule is Nc1c(I)cc(I)cc1CO. The molecule has 0 amide bonds. The van der Waals surface area contributed by atoms with Crippen LogP contribution in [0.4, 0.5) is 5.69 Å². The summed E-state index contributed by atoms with van der Waals surface area (Å²) >= 11 is 4.36. The van der Waals surface area contributed by atoms with E-state index in [1.54, 1.807) is 0 Å². The third-order valence-electron chi connectivity index (χ3n) is 1.35. The van der Waals surface area contributed by atoms with Crippen LogP contribution in [-0.4, -0.2) is 5.11 Å². The van der Waals surface area contributed by atoms with E-state index in [1.807, 2.05) is 12.1 Å². The first-order valence-electron chi connectivity index (χ1n) is 2.99. The van der Waals surface area contributed by atoms with Gasteiger partial charge in [0, 0.05) is 12.7 Å². The van der Waals surface area contributed by atoms with E-state index in [1.165, 1.54) is 0 Å². The molecular weight excluding hydrogens is 368 g/mol. The Labute approximate surface area is 92.5 Å². The van der Waals surface area contributed by atoms with Gasteiger partial charge in [-0.25, -0.2) is 0 Å². The zero-order valence-corrected chi connectivity index (χ0v) is 9.96. The number of rotatable bonds is 1. The number of hydrogen-bond acceptors (Lipinski definition) is 2. The van der Waals surface area contributed by atoms with Crippen molar-refractivity contribution in [2.24, 2.45) is 0 Å². The summed E-state index contributed by atoms with van der Waals surface area (Å²) in [5, 5.41) is 8.88. The second kappa shape index (κ2) is 3.90. The molecule has 0 radical (unpaired) electrons. The Morgan fingerprint density at radius 1 is 1.36 bits per heavy atom. The highest BCUT2D eigenvalue weighted by Gasteiger charge is 2.02. The quantitative estimate of drug-likeness (QED) is 0.583. The maximum atomic E-state index is 8.88. The number of nitrogens with two attached hydrogens (primary N) is 1. The molecule has 3 N–H and O–H groups in total. The number of aliphatic hydroxyl groups excluding tert-OH is 1. The molecule has 1 rings (SSSR count). The molecular formula is C7H7I2NO. The van der Waals surface area contributed by atoms with Crippen LogP contribution in [0.5, 0.6) is 0 Å². The zero-order chi connectivity index (χ0) is 8.43. The summed E-state index contributed by atoms with van der Waals surface area (Å²) in [7, 11) is 0. The van der Waals surface area contributed by atoms with Crippen LogP contribution in [0.3, 0.4) is 0 Å². The van der Waals surface area contributed by atoms with Gasteiger partial charge in [-0.1, -0.05) is 0 Å². The first-order chi connectivity index (χ1) is 5.15. The lowest BCUT2D eigenvalue weighted by Gasteiger charge is -2.04. The fourth-order valence-electron chi connectivity index (χ4n) is 0.769. The predicted octanol–water partition coefficient (Wildman–Crippen LogP) is 1.97. The molecule has 11 heavy (non-hydrogen) atoms. The summed E-state index contributed by atoms with van der Waals surface area (Å²) in [6.45, 7) is 0.0126. The second-order valence-corrected chi connectivity index (χ2v) is 4.53.